The van der Waals surface area contributed by atoms with E-state index in [1.54, 1.807) is 18.4 Å². The number of thiazole rings is 1. The first-order valence-corrected chi connectivity index (χ1v) is 7.04. The first kappa shape index (κ1) is 13.0. The lowest BCUT2D eigenvalue weighted by Gasteiger charge is -2.43. The van der Waals surface area contributed by atoms with Crippen LogP contribution in [0.1, 0.15) is 19.0 Å². The second kappa shape index (κ2) is 6.44. The number of hydrogen-bond acceptors (Lipinski definition) is 5. The Morgan fingerprint density at radius 3 is 3.12 bits per heavy atom. The van der Waals surface area contributed by atoms with Gasteiger partial charge in [-0.05, 0) is 13.3 Å². The van der Waals surface area contributed by atoms with Crippen molar-refractivity contribution in [3.63, 3.8) is 0 Å². The zero-order chi connectivity index (χ0) is 12.1. The van der Waals surface area contributed by atoms with Crippen molar-refractivity contribution >= 4 is 11.3 Å². The summed E-state index contributed by atoms with van der Waals surface area (Å²) >= 11 is 1.65. The molecule has 4 nitrogen and oxygen atoms in total. The average molecular weight is 256 g/mol. The zero-order valence-electron chi connectivity index (χ0n) is 10.4. The smallest absolute Gasteiger partial charge is 0.0986 e. The fourth-order valence-corrected chi connectivity index (χ4v) is 2.81. The second-order valence-electron chi connectivity index (χ2n) is 4.22. The van der Waals surface area contributed by atoms with E-state index >= 15 is 0 Å². The SMILES string of the molecule is CCOC1CC(NCCc2cscn2)C1OC. The monoisotopic (exact) mass is 256 g/mol. The van der Waals surface area contributed by atoms with Crippen molar-refractivity contribution in [3.05, 3.63) is 16.6 Å². The number of nitrogens with zero attached hydrogens (tertiary/aromatic N) is 1. The zero-order valence-corrected chi connectivity index (χ0v) is 11.2. The maximum absolute atomic E-state index is 5.59. The van der Waals surface area contributed by atoms with Crippen molar-refractivity contribution in [2.45, 2.75) is 38.0 Å². The molecule has 0 aliphatic heterocycles. The molecule has 0 spiro atoms. The first-order valence-electron chi connectivity index (χ1n) is 6.10. The van der Waals surface area contributed by atoms with Gasteiger partial charge in [0.05, 0.1) is 23.4 Å². The van der Waals surface area contributed by atoms with Crippen LogP contribution in [0.25, 0.3) is 0 Å². The molecule has 1 aliphatic carbocycles. The lowest BCUT2D eigenvalue weighted by molar-refractivity contribution is -0.131. The van der Waals surface area contributed by atoms with Crippen LogP contribution in [-0.2, 0) is 15.9 Å². The van der Waals surface area contributed by atoms with E-state index in [-0.39, 0.29) is 12.2 Å². The van der Waals surface area contributed by atoms with Crippen LogP contribution in [-0.4, -0.2) is 43.5 Å². The van der Waals surface area contributed by atoms with Crippen LogP contribution in [0, 0.1) is 0 Å². The highest BCUT2D eigenvalue weighted by molar-refractivity contribution is 7.07. The Labute approximate surface area is 106 Å². The summed E-state index contributed by atoms with van der Waals surface area (Å²) in [6, 6.07) is 0.426. The number of rotatable bonds is 7. The Balaban J connectivity index is 1.66. The van der Waals surface area contributed by atoms with Gasteiger partial charge in [-0.15, -0.1) is 11.3 Å². The van der Waals surface area contributed by atoms with Gasteiger partial charge < -0.3 is 14.8 Å². The topological polar surface area (TPSA) is 43.4 Å². The van der Waals surface area contributed by atoms with E-state index in [1.165, 1.54) is 0 Å². The molecule has 1 fully saturated rings. The van der Waals surface area contributed by atoms with Crippen molar-refractivity contribution in [1.29, 1.82) is 0 Å². The van der Waals surface area contributed by atoms with Crippen molar-refractivity contribution in [1.82, 2.24) is 10.3 Å². The van der Waals surface area contributed by atoms with Crippen LogP contribution in [0.5, 0.6) is 0 Å². The van der Waals surface area contributed by atoms with Gasteiger partial charge in [0.2, 0.25) is 0 Å². The van der Waals surface area contributed by atoms with Crippen LogP contribution in [0.15, 0.2) is 10.9 Å². The molecule has 3 unspecified atom stereocenters. The van der Waals surface area contributed by atoms with E-state index < -0.39 is 0 Å². The van der Waals surface area contributed by atoms with Crippen LogP contribution in [0.4, 0.5) is 0 Å². The van der Waals surface area contributed by atoms with Crippen molar-refractivity contribution in [2.75, 3.05) is 20.3 Å². The second-order valence-corrected chi connectivity index (χ2v) is 4.94. The van der Waals surface area contributed by atoms with E-state index in [4.69, 9.17) is 9.47 Å². The number of nitrogens with one attached hydrogen (secondary N) is 1. The molecule has 3 atom stereocenters. The molecule has 0 radical (unpaired) electrons. The minimum Gasteiger partial charge on any atom is -0.377 e. The van der Waals surface area contributed by atoms with E-state index in [9.17, 15) is 0 Å². The van der Waals surface area contributed by atoms with Gasteiger partial charge in [-0.2, -0.15) is 0 Å². The fraction of sp³-hybridized carbons (Fsp3) is 0.750. The molecule has 1 heterocycles. The Bertz CT molecular complexity index is 318. The highest BCUT2D eigenvalue weighted by Gasteiger charge is 2.41. The van der Waals surface area contributed by atoms with Crippen LogP contribution < -0.4 is 5.32 Å². The van der Waals surface area contributed by atoms with Crippen molar-refractivity contribution < 1.29 is 9.47 Å². The summed E-state index contributed by atoms with van der Waals surface area (Å²) in [5, 5.41) is 5.60. The van der Waals surface area contributed by atoms with Gasteiger partial charge in [0.1, 0.15) is 0 Å². The summed E-state index contributed by atoms with van der Waals surface area (Å²) in [7, 11) is 1.75. The molecule has 1 aliphatic rings. The molecule has 2 rings (SSSR count). The summed E-state index contributed by atoms with van der Waals surface area (Å²) in [6.07, 6.45) is 2.49. The maximum atomic E-state index is 5.59. The lowest BCUT2D eigenvalue weighted by Crippen LogP contribution is -2.60. The van der Waals surface area contributed by atoms with Gasteiger partial charge in [0.15, 0.2) is 0 Å². The highest BCUT2D eigenvalue weighted by atomic mass is 32.1. The Kier molecular flexibility index (Phi) is 4.91. The summed E-state index contributed by atoms with van der Waals surface area (Å²) in [5.74, 6) is 0. The molecule has 0 saturated heterocycles. The number of aromatic nitrogens is 1. The fourth-order valence-electron chi connectivity index (χ4n) is 2.22. The predicted molar refractivity (Wildman–Crippen MR) is 68.4 cm³/mol. The molecule has 96 valence electrons. The largest absolute Gasteiger partial charge is 0.377 e. The molecule has 0 aromatic carbocycles. The molecule has 17 heavy (non-hydrogen) atoms. The Hall–Kier alpha value is -0.490. The normalized spacial score (nSPS) is 28.0. The van der Waals surface area contributed by atoms with Gasteiger partial charge in [0.25, 0.3) is 0 Å². The van der Waals surface area contributed by atoms with Gasteiger partial charge in [-0.3, -0.25) is 0 Å². The summed E-state index contributed by atoms with van der Waals surface area (Å²) in [5.41, 5.74) is 3.04. The lowest BCUT2D eigenvalue weighted by atomic mass is 9.85. The molecular formula is C12H20N2O2S. The molecule has 1 aromatic heterocycles. The van der Waals surface area contributed by atoms with E-state index in [2.05, 4.69) is 15.7 Å². The van der Waals surface area contributed by atoms with Crippen molar-refractivity contribution in [3.8, 4) is 0 Å². The van der Waals surface area contributed by atoms with Crippen LogP contribution >= 0.6 is 11.3 Å². The molecule has 5 heteroatoms. The first-order chi connectivity index (χ1) is 8.35. The van der Waals surface area contributed by atoms with E-state index in [1.807, 2.05) is 12.4 Å². The summed E-state index contributed by atoms with van der Waals surface area (Å²) in [6.45, 7) is 3.74. The van der Waals surface area contributed by atoms with Gasteiger partial charge in [-0.1, -0.05) is 0 Å². The molecule has 1 N–H and O–H groups in total. The summed E-state index contributed by atoms with van der Waals surface area (Å²) in [4.78, 5) is 4.26. The molecular weight excluding hydrogens is 236 g/mol. The van der Waals surface area contributed by atoms with E-state index in [0.717, 1.165) is 31.7 Å². The van der Waals surface area contributed by atoms with Gasteiger partial charge in [0, 0.05) is 38.1 Å². The van der Waals surface area contributed by atoms with Crippen LogP contribution in [0.2, 0.25) is 0 Å². The number of hydrogen-bond donors (Lipinski definition) is 1. The Morgan fingerprint density at radius 1 is 1.59 bits per heavy atom. The average Bonchev–Trinajstić information content (AvgIpc) is 2.80. The summed E-state index contributed by atoms with van der Waals surface area (Å²) < 4.78 is 11.0. The maximum Gasteiger partial charge on any atom is 0.0986 e. The molecule has 0 bridgehead atoms. The van der Waals surface area contributed by atoms with Crippen molar-refractivity contribution in [2.24, 2.45) is 0 Å². The molecule has 1 aromatic rings. The predicted octanol–water partition coefficient (Wildman–Crippen LogP) is 1.47. The number of ether oxygens (including phenoxy) is 2. The standard InChI is InChI=1S/C12H20N2O2S/c1-3-16-11-6-10(12(11)15-2)13-5-4-9-7-17-8-14-9/h7-8,10-13H,3-6H2,1-2H3. The number of methoxy groups -OCH3 is 1. The minimum atomic E-state index is 0.199. The third kappa shape index (κ3) is 3.25. The van der Waals surface area contributed by atoms with Gasteiger partial charge in [-0.25, -0.2) is 4.98 Å². The third-order valence-electron chi connectivity index (χ3n) is 3.17. The third-order valence-corrected chi connectivity index (χ3v) is 3.81. The Morgan fingerprint density at radius 2 is 2.47 bits per heavy atom. The minimum absolute atomic E-state index is 0.199. The van der Waals surface area contributed by atoms with E-state index in [0.29, 0.717) is 6.04 Å². The van der Waals surface area contributed by atoms with Gasteiger partial charge >= 0.3 is 0 Å². The molecule has 1 saturated carbocycles. The highest BCUT2D eigenvalue weighted by Crippen LogP contribution is 2.26. The van der Waals surface area contributed by atoms with Crippen LogP contribution in [0.3, 0.4) is 0 Å². The quantitative estimate of drug-likeness (QED) is 0.802. The molecule has 0 amide bonds.